The van der Waals surface area contributed by atoms with Crippen molar-refractivity contribution >= 4 is 29.4 Å². The van der Waals surface area contributed by atoms with Crippen molar-refractivity contribution in [1.29, 1.82) is 0 Å². The van der Waals surface area contributed by atoms with Crippen LogP contribution in [0.2, 0.25) is 5.02 Å². The fourth-order valence-electron chi connectivity index (χ4n) is 2.04. The van der Waals surface area contributed by atoms with Gasteiger partial charge in [-0.3, -0.25) is 9.59 Å². The summed E-state index contributed by atoms with van der Waals surface area (Å²) in [5.74, 6) is -1.76. The number of esters is 1. The first-order valence-corrected chi connectivity index (χ1v) is 8.42. The first-order chi connectivity index (χ1) is 11.5. The summed E-state index contributed by atoms with van der Waals surface area (Å²) in [4.78, 5) is 36.3. The van der Waals surface area contributed by atoms with Crippen LogP contribution in [0, 0.1) is 5.92 Å². The van der Waals surface area contributed by atoms with Crippen LogP contribution in [0.25, 0.3) is 0 Å². The first kappa shape index (κ1) is 21.0. The van der Waals surface area contributed by atoms with Gasteiger partial charge in [0.2, 0.25) is 0 Å². The van der Waals surface area contributed by atoms with Crippen LogP contribution in [0.1, 0.15) is 45.0 Å². The Kier molecular flexibility index (Phi) is 7.42. The number of carbonyl (C=O) groups excluding carboxylic acids is 3. The normalized spacial score (nSPS) is 12.4. The highest BCUT2D eigenvalue weighted by atomic mass is 35.5. The third kappa shape index (κ3) is 7.13. The van der Waals surface area contributed by atoms with Crippen molar-refractivity contribution in [2.24, 2.45) is 5.92 Å². The first-order valence-electron chi connectivity index (χ1n) is 8.04. The van der Waals surface area contributed by atoms with Gasteiger partial charge in [-0.2, -0.15) is 0 Å². The zero-order valence-corrected chi connectivity index (χ0v) is 15.9. The minimum absolute atomic E-state index is 0.218. The highest BCUT2D eigenvalue weighted by Crippen LogP contribution is 2.15. The van der Waals surface area contributed by atoms with Crippen LogP contribution >= 0.6 is 11.6 Å². The Hall–Kier alpha value is -2.08. The number of hydrogen-bond acceptors (Lipinski definition) is 4. The molecule has 0 saturated carbocycles. The van der Waals surface area contributed by atoms with Crippen LogP contribution in [-0.2, 0) is 14.3 Å². The number of amides is 2. The summed E-state index contributed by atoms with van der Waals surface area (Å²) in [5.41, 5.74) is -0.146. The maximum Gasteiger partial charge on any atom is 0.329 e. The van der Waals surface area contributed by atoms with E-state index in [2.05, 4.69) is 10.6 Å². The molecule has 1 aromatic rings. The van der Waals surface area contributed by atoms with Gasteiger partial charge in [-0.15, -0.1) is 0 Å². The molecule has 1 rings (SSSR count). The standard InChI is InChI=1S/C18H25ClN2O4/c1-11(2)15(17(24)25-10-14(22)21-18(3,4)5)20-16(23)12-8-6-7-9-13(12)19/h6-9,11,15H,10H2,1-5H3,(H,20,23)(H,21,22)/t15-/m0/s1. The van der Waals surface area contributed by atoms with E-state index in [0.29, 0.717) is 5.02 Å². The molecule has 0 radical (unpaired) electrons. The van der Waals surface area contributed by atoms with Crippen molar-refractivity contribution in [3.05, 3.63) is 34.9 Å². The lowest BCUT2D eigenvalue weighted by molar-refractivity contribution is -0.151. The van der Waals surface area contributed by atoms with E-state index in [-0.39, 0.29) is 11.5 Å². The van der Waals surface area contributed by atoms with Gasteiger partial charge in [-0.1, -0.05) is 37.6 Å². The largest absolute Gasteiger partial charge is 0.454 e. The fraction of sp³-hybridized carbons (Fsp3) is 0.500. The summed E-state index contributed by atoms with van der Waals surface area (Å²) in [6, 6.07) is 5.67. The Morgan fingerprint density at radius 1 is 1.16 bits per heavy atom. The summed E-state index contributed by atoms with van der Waals surface area (Å²) in [6.07, 6.45) is 0. The maximum absolute atomic E-state index is 12.3. The van der Waals surface area contributed by atoms with Gasteiger partial charge in [-0.25, -0.2) is 4.79 Å². The van der Waals surface area contributed by atoms with Gasteiger partial charge in [0.1, 0.15) is 6.04 Å². The van der Waals surface area contributed by atoms with Gasteiger partial charge in [0.15, 0.2) is 6.61 Å². The molecule has 1 atom stereocenters. The number of halogens is 1. The highest BCUT2D eigenvalue weighted by molar-refractivity contribution is 6.33. The third-order valence-corrected chi connectivity index (χ3v) is 3.52. The molecule has 0 unspecified atom stereocenters. The topological polar surface area (TPSA) is 84.5 Å². The van der Waals surface area contributed by atoms with Crippen LogP contribution in [-0.4, -0.2) is 36.0 Å². The van der Waals surface area contributed by atoms with Crippen LogP contribution in [0.3, 0.4) is 0 Å². The van der Waals surface area contributed by atoms with Gasteiger partial charge in [0.25, 0.3) is 11.8 Å². The van der Waals surface area contributed by atoms with Crippen molar-refractivity contribution < 1.29 is 19.1 Å². The van der Waals surface area contributed by atoms with E-state index in [9.17, 15) is 14.4 Å². The van der Waals surface area contributed by atoms with E-state index in [0.717, 1.165) is 0 Å². The Morgan fingerprint density at radius 3 is 2.28 bits per heavy atom. The van der Waals surface area contributed by atoms with E-state index in [1.807, 2.05) is 20.8 Å². The molecule has 0 heterocycles. The second-order valence-electron chi connectivity index (χ2n) is 7.08. The second kappa shape index (κ2) is 8.85. The fourth-order valence-corrected chi connectivity index (χ4v) is 2.26. The van der Waals surface area contributed by atoms with Gasteiger partial charge < -0.3 is 15.4 Å². The maximum atomic E-state index is 12.3. The van der Waals surface area contributed by atoms with E-state index in [1.54, 1.807) is 38.1 Å². The van der Waals surface area contributed by atoms with Gasteiger partial charge in [-0.05, 0) is 38.8 Å². The second-order valence-corrected chi connectivity index (χ2v) is 7.49. The zero-order valence-electron chi connectivity index (χ0n) is 15.2. The molecule has 7 heteroatoms. The molecule has 2 N–H and O–H groups in total. The predicted octanol–water partition coefficient (Wildman–Crippen LogP) is 2.55. The lowest BCUT2D eigenvalue weighted by Crippen LogP contribution is -2.47. The molecular formula is C18H25ClN2O4. The SMILES string of the molecule is CC(C)[C@H](NC(=O)c1ccccc1Cl)C(=O)OCC(=O)NC(C)(C)C. The molecule has 0 aliphatic heterocycles. The van der Waals surface area contributed by atoms with E-state index in [1.165, 1.54) is 0 Å². The summed E-state index contributed by atoms with van der Waals surface area (Å²) in [6.45, 7) is 8.62. The van der Waals surface area contributed by atoms with Gasteiger partial charge >= 0.3 is 5.97 Å². The third-order valence-electron chi connectivity index (χ3n) is 3.19. The number of nitrogens with one attached hydrogen (secondary N) is 2. The Labute approximate surface area is 153 Å². The number of rotatable bonds is 6. The average Bonchev–Trinajstić information content (AvgIpc) is 2.48. The van der Waals surface area contributed by atoms with Crippen LogP contribution in [0.15, 0.2) is 24.3 Å². The molecule has 0 aromatic heterocycles. The average molecular weight is 369 g/mol. The monoisotopic (exact) mass is 368 g/mol. The summed E-state index contributed by atoms with van der Waals surface area (Å²) in [5, 5.41) is 5.60. The van der Waals surface area contributed by atoms with Crippen molar-refractivity contribution in [2.45, 2.75) is 46.2 Å². The van der Waals surface area contributed by atoms with Crippen molar-refractivity contribution in [3.63, 3.8) is 0 Å². The smallest absolute Gasteiger partial charge is 0.329 e. The number of ether oxygens (including phenoxy) is 1. The minimum Gasteiger partial charge on any atom is -0.454 e. The molecule has 0 aliphatic rings. The minimum atomic E-state index is -0.883. The lowest BCUT2D eigenvalue weighted by Gasteiger charge is -2.23. The predicted molar refractivity (Wildman–Crippen MR) is 96.4 cm³/mol. The van der Waals surface area contributed by atoms with Crippen molar-refractivity contribution in [3.8, 4) is 0 Å². The molecule has 0 bridgehead atoms. The van der Waals surface area contributed by atoms with Crippen LogP contribution in [0.5, 0.6) is 0 Å². The lowest BCUT2D eigenvalue weighted by atomic mass is 10.0. The van der Waals surface area contributed by atoms with Crippen molar-refractivity contribution in [1.82, 2.24) is 10.6 Å². The van der Waals surface area contributed by atoms with Gasteiger partial charge in [0, 0.05) is 5.54 Å². The molecule has 1 aromatic carbocycles. The summed E-state index contributed by atoms with van der Waals surface area (Å²) in [7, 11) is 0. The Bertz CT molecular complexity index is 638. The van der Waals surface area contributed by atoms with Crippen LogP contribution < -0.4 is 10.6 Å². The summed E-state index contributed by atoms with van der Waals surface area (Å²) < 4.78 is 5.04. The molecule has 138 valence electrons. The molecule has 2 amide bonds. The van der Waals surface area contributed by atoms with E-state index < -0.39 is 36.0 Å². The molecule has 6 nitrogen and oxygen atoms in total. The molecule has 25 heavy (non-hydrogen) atoms. The summed E-state index contributed by atoms with van der Waals surface area (Å²) >= 11 is 6.00. The van der Waals surface area contributed by atoms with Crippen LogP contribution in [0.4, 0.5) is 0 Å². The number of hydrogen-bond donors (Lipinski definition) is 2. The number of benzene rings is 1. The molecule has 0 spiro atoms. The molecular weight excluding hydrogens is 344 g/mol. The van der Waals surface area contributed by atoms with E-state index in [4.69, 9.17) is 16.3 Å². The Balaban J connectivity index is 2.70. The Morgan fingerprint density at radius 2 is 1.76 bits per heavy atom. The molecule has 0 aliphatic carbocycles. The highest BCUT2D eigenvalue weighted by Gasteiger charge is 2.27. The molecule has 0 fully saturated rings. The van der Waals surface area contributed by atoms with E-state index >= 15 is 0 Å². The zero-order chi connectivity index (χ0) is 19.2. The van der Waals surface area contributed by atoms with Crippen molar-refractivity contribution in [2.75, 3.05) is 6.61 Å². The quantitative estimate of drug-likeness (QED) is 0.756. The molecule has 0 saturated heterocycles. The number of carbonyl (C=O) groups is 3. The van der Waals surface area contributed by atoms with Gasteiger partial charge in [0.05, 0.1) is 10.6 Å².